The van der Waals surface area contributed by atoms with Crippen LogP contribution < -0.4 is 4.18 Å². The zero-order valence-electron chi connectivity index (χ0n) is 17.6. The molecule has 0 unspecified atom stereocenters. The lowest BCUT2D eigenvalue weighted by molar-refractivity contribution is 0.484. The minimum atomic E-state index is -4.18. The van der Waals surface area contributed by atoms with Crippen LogP contribution in [0.25, 0.3) is 15.7 Å². The number of phenols is 1. The van der Waals surface area contributed by atoms with E-state index < -0.39 is 10.1 Å². The Morgan fingerprint density at radius 2 is 1.47 bits per heavy atom. The average Bonchev–Trinajstić information content (AvgIpc) is 2.80. The first-order valence-electron chi connectivity index (χ1n) is 9.94. The number of diazo groups is 1. The van der Waals surface area contributed by atoms with Crippen LogP contribution in [0.15, 0.2) is 89.8 Å². The first-order chi connectivity index (χ1) is 15.2. The summed E-state index contributed by atoms with van der Waals surface area (Å²) in [4.78, 5) is 2.90. The van der Waals surface area contributed by atoms with Gasteiger partial charge >= 0.3 is 15.8 Å². The molecule has 0 atom stereocenters. The first-order valence-corrected chi connectivity index (χ1v) is 11.4. The largest absolute Gasteiger partial charge is 0.501 e. The highest BCUT2D eigenvalue weighted by molar-refractivity contribution is 7.87. The number of nitrogens with zero attached hydrogens (tertiary/aromatic N) is 2. The lowest BCUT2D eigenvalue weighted by Crippen LogP contribution is -2.18. The fourth-order valence-corrected chi connectivity index (χ4v) is 4.87. The normalized spacial score (nSPS) is 11.8. The van der Waals surface area contributed by atoms with E-state index in [1.54, 1.807) is 18.2 Å². The van der Waals surface area contributed by atoms with Crippen molar-refractivity contribution >= 4 is 26.6 Å². The van der Waals surface area contributed by atoms with Gasteiger partial charge in [-0.2, -0.15) is 8.42 Å². The topological polar surface area (TPSA) is 91.8 Å². The lowest BCUT2D eigenvalue weighted by atomic mass is 9.78. The average molecular weight is 446 g/mol. The lowest BCUT2D eigenvalue weighted by Gasteiger charge is -2.26. The second-order valence-electron chi connectivity index (χ2n) is 7.94. The molecule has 0 fully saturated rings. The summed E-state index contributed by atoms with van der Waals surface area (Å²) in [5.41, 5.74) is 1.85. The number of hydrogen-bond acceptors (Lipinski definition) is 5. The second kappa shape index (κ2) is 7.98. The molecule has 4 rings (SSSR count). The molecule has 1 N–H and O–H groups in total. The molecular formula is C25H21N2O4S+. The number of rotatable bonds is 5. The van der Waals surface area contributed by atoms with Crippen LogP contribution in [0.1, 0.15) is 25.0 Å². The van der Waals surface area contributed by atoms with Crippen LogP contribution in [-0.2, 0) is 15.5 Å². The highest BCUT2D eigenvalue weighted by atomic mass is 32.2. The van der Waals surface area contributed by atoms with Gasteiger partial charge in [0.2, 0.25) is 11.1 Å². The molecule has 32 heavy (non-hydrogen) atoms. The molecule has 0 saturated carbocycles. The van der Waals surface area contributed by atoms with Crippen LogP contribution in [0.2, 0.25) is 0 Å². The highest BCUT2D eigenvalue weighted by Crippen LogP contribution is 2.38. The van der Waals surface area contributed by atoms with Gasteiger partial charge in [0, 0.05) is 22.3 Å². The van der Waals surface area contributed by atoms with Crippen molar-refractivity contribution in [2.24, 2.45) is 0 Å². The number of aromatic hydroxyl groups is 1. The fraction of sp³-hybridized carbons (Fsp3) is 0.120. The van der Waals surface area contributed by atoms with Gasteiger partial charge in [-0.05, 0) is 35.4 Å². The molecule has 0 radical (unpaired) electrons. The third kappa shape index (κ3) is 3.77. The molecule has 0 aliphatic heterocycles. The van der Waals surface area contributed by atoms with E-state index in [9.17, 15) is 13.5 Å². The van der Waals surface area contributed by atoms with Crippen molar-refractivity contribution in [2.75, 3.05) is 0 Å². The van der Waals surface area contributed by atoms with E-state index in [1.165, 1.54) is 24.3 Å². The molecule has 0 aromatic heterocycles. The van der Waals surface area contributed by atoms with E-state index in [4.69, 9.17) is 9.58 Å². The molecule has 0 aliphatic rings. The summed E-state index contributed by atoms with van der Waals surface area (Å²) in [6.45, 7) is 4.20. The predicted octanol–water partition coefficient (Wildman–Crippen LogP) is 6.12. The Labute approximate surface area is 186 Å². The van der Waals surface area contributed by atoms with E-state index >= 15 is 0 Å². The van der Waals surface area contributed by atoms with Crippen molar-refractivity contribution in [3.05, 3.63) is 101 Å². The minimum Gasteiger partial charge on any atom is -0.501 e. The maximum atomic E-state index is 13.0. The quantitative estimate of drug-likeness (QED) is 0.295. The van der Waals surface area contributed by atoms with Crippen LogP contribution in [0, 0.1) is 5.39 Å². The second-order valence-corrected chi connectivity index (χ2v) is 9.45. The monoisotopic (exact) mass is 445 g/mol. The molecule has 0 bridgehead atoms. The summed E-state index contributed by atoms with van der Waals surface area (Å²) in [6, 6.07) is 24.2. The SMILES string of the molecule is CC(C)(c1ccccc1)c1ccc(OS(=O)(=O)c2cccc3c(O)c([N+]#N)ccc23)cc1. The van der Waals surface area contributed by atoms with Crippen molar-refractivity contribution < 1.29 is 17.7 Å². The van der Waals surface area contributed by atoms with E-state index in [1.807, 2.05) is 30.3 Å². The number of phenolic OH excluding ortho intramolecular Hbond substituents is 1. The van der Waals surface area contributed by atoms with Gasteiger partial charge in [-0.15, -0.1) is 0 Å². The third-order valence-corrected chi connectivity index (χ3v) is 6.93. The molecule has 0 spiro atoms. The zero-order valence-corrected chi connectivity index (χ0v) is 18.4. The Morgan fingerprint density at radius 1 is 0.812 bits per heavy atom. The van der Waals surface area contributed by atoms with Gasteiger partial charge in [0.05, 0.1) is 0 Å². The van der Waals surface area contributed by atoms with Gasteiger partial charge in [-0.25, -0.2) is 0 Å². The highest BCUT2D eigenvalue weighted by Gasteiger charge is 2.25. The van der Waals surface area contributed by atoms with Crippen LogP contribution in [0.3, 0.4) is 0 Å². The smallest absolute Gasteiger partial charge is 0.426 e. The van der Waals surface area contributed by atoms with Crippen molar-refractivity contribution in [3.8, 4) is 11.5 Å². The van der Waals surface area contributed by atoms with Gasteiger partial charge in [-0.1, -0.05) is 68.4 Å². The molecule has 0 heterocycles. The molecule has 0 aliphatic carbocycles. The van der Waals surface area contributed by atoms with E-state index in [0.717, 1.165) is 11.1 Å². The van der Waals surface area contributed by atoms with Crippen LogP contribution in [0.4, 0.5) is 5.69 Å². The van der Waals surface area contributed by atoms with E-state index in [0.29, 0.717) is 0 Å². The van der Waals surface area contributed by atoms with Gasteiger partial charge in [0.25, 0.3) is 0 Å². The van der Waals surface area contributed by atoms with Crippen LogP contribution in [-0.4, -0.2) is 13.5 Å². The maximum absolute atomic E-state index is 13.0. The third-order valence-electron chi connectivity index (χ3n) is 5.63. The fourth-order valence-electron chi connectivity index (χ4n) is 3.72. The van der Waals surface area contributed by atoms with Gasteiger partial charge in [0.1, 0.15) is 10.6 Å². The number of fused-ring (bicyclic) bond motifs is 1. The van der Waals surface area contributed by atoms with E-state index in [2.05, 4.69) is 31.0 Å². The standard InChI is InChI=1S/C25H20N2O4S/c1-25(2,17-7-4-3-5-8-17)18-11-13-19(14-12-18)31-32(29,30)23-10-6-9-21-20(23)15-16-22(27-26)24(21)28/h3-16H,1-2H3/p+1. The van der Waals surface area contributed by atoms with Gasteiger partial charge in [-0.3, -0.25) is 0 Å². The summed E-state index contributed by atoms with van der Waals surface area (Å²) in [7, 11) is -4.18. The Hall–Kier alpha value is -3.89. The molecular weight excluding hydrogens is 424 g/mol. The molecule has 0 amide bonds. The summed E-state index contributed by atoms with van der Waals surface area (Å²) in [5, 5.41) is 19.7. The van der Waals surface area contributed by atoms with E-state index in [-0.39, 0.29) is 38.3 Å². The zero-order chi connectivity index (χ0) is 22.9. The van der Waals surface area contributed by atoms with Gasteiger partial charge < -0.3 is 9.29 Å². The van der Waals surface area contributed by atoms with Crippen molar-refractivity contribution in [1.82, 2.24) is 0 Å². The summed E-state index contributed by atoms with van der Waals surface area (Å²) in [6.07, 6.45) is 0. The molecule has 6 nitrogen and oxygen atoms in total. The predicted molar refractivity (Wildman–Crippen MR) is 123 cm³/mol. The first kappa shape index (κ1) is 21.3. The van der Waals surface area contributed by atoms with Crippen molar-refractivity contribution in [2.45, 2.75) is 24.2 Å². The molecule has 0 saturated heterocycles. The number of benzene rings is 4. The maximum Gasteiger partial charge on any atom is 0.426 e. The van der Waals surface area contributed by atoms with Crippen LogP contribution >= 0.6 is 0 Å². The van der Waals surface area contributed by atoms with Crippen LogP contribution in [0.5, 0.6) is 11.5 Å². The molecule has 4 aromatic carbocycles. The summed E-state index contributed by atoms with van der Waals surface area (Å²) < 4.78 is 31.4. The minimum absolute atomic E-state index is 0.0513. The Kier molecular flexibility index (Phi) is 5.33. The molecule has 4 aromatic rings. The Morgan fingerprint density at radius 3 is 2.12 bits per heavy atom. The molecule has 7 heteroatoms. The van der Waals surface area contributed by atoms with Crippen molar-refractivity contribution in [1.29, 1.82) is 5.39 Å². The molecule has 160 valence electrons. The van der Waals surface area contributed by atoms with Crippen molar-refractivity contribution in [3.63, 3.8) is 0 Å². The summed E-state index contributed by atoms with van der Waals surface area (Å²) >= 11 is 0. The number of hydrogen-bond donors (Lipinski definition) is 1. The Bertz CT molecular complexity index is 1440. The Balaban J connectivity index is 1.66. The van der Waals surface area contributed by atoms with Gasteiger partial charge in [0.15, 0.2) is 4.98 Å². The summed E-state index contributed by atoms with van der Waals surface area (Å²) in [5.74, 6) is -0.129.